The summed E-state index contributed by atoms with van der Waals surface area (Å²) in [4.78, 5) is 24.6. The van der Waals surface area contributed by atoms with Gasteiger partial charge in [0.25, 0.3) is 5.91 Å². The lowest BCUT2D eigenvalue weighted by atomic mass is 10.2. The fourth-order valence-electron chi connectivity index (χ4n) is 3.65. The number of amides is 2. The van der Waals surface area contributed by atoms with Gasteiger partial charge in [-0.2, -0.15) is 18.3 Å². The molecule has 9 nitrogen and oxygen atoms in total. The van der Waals surface area contributed by atoms with Crippen LogP contribution in [0.2, 0.25) is 0 Å². The molecule has 2 heterocycles. The molecule has 0 unspecified atom stereocenters. The molecule has 174 valence electrons. The second-order valence-corrected chi connectivity index (χ2v) is 7.60. The van der Waals surface area contributed by atoms with Crippen LogP contribution < -0.4 is 10.6 Å². The van der Waals surface area contributed by atoms with Gasteiger partial charge in [0.05, 0.1) is 17.6 Å². The van der Waals surface area contributed by atoms with Gasteiger partial charge in [-0.25, -0.2) is 9.07 Å². The normalized spacial score (nSPS) is 14.4. The lowest BCUT2D eigenvalue weighted by Crippen LogP contribution is -2.35. The molecule has 4 rings (SSSR count). The lowest BCUT2D eigenvalue weighted by molar-refractivity contribution is -0.143. The first-order valence-electron chi connectivity index (χ1n) is 10.1. The largest absolute Gasteiger partial charge is 0.435 e. The Hall–Kier alpha value is -3.77. The summed E-state index contributed by atoms with van der Waals surface area (Å²) in [6, 6.07) is 4.24. The lowest BCUT2D eigenvalue weighted by Gasteiger charge is -2.11. The molecule has 0 radical (unpaired) electrons. The topological polar surface area (TPSA) is 107 Å². The SMILES string of the molecule is O=C(Cn1cc(NC(=O)c2nnn(-c3ccc(F)cc3)c2C(F)(F)F)cn1)NC1CCCC1. The third-order valence-electron chi connectivity index (χ3n) is 5.14. The van der Waals surface area contributed by atoms with E-state index in [2.05, 4.69) is 26.0 Å². The number of carbonyl (C=O) groups excluding carboxylic acids is 2. The Kier molecular flexibility index (Phi) is 6.11. The number of hydrogen-bond acceptors (Lipinski definition) is 5. The summed E-state index contributed by atoms with van der Waals surface area (Å²) < 4.78 is 55.9. The number of carbonyl (C=O) groups is 2. The zero-order valence-corrected chi connectivity index (χ0v) is 17.1. The molecular formula is C20H19F4N7O2. The van der Waals surface area contributed by atoms with Crippen LogP contribution in [0.1, 0.15) is 41.9 Å². The Morgan fingerprint density at radius 2 is 1.82 bits per heavy atom. The van der Waals surface area contributed by atoms with Gasteiger partial charge in [0.15, 0.2) is 11.4 Å². The number of alkyl halides is 3. The molecule has 1 fully saturated rings. The molecule has 2 N–H and O–H groups in total. The van der Waals surface area contributed by atoms with Gasteiger partial charge >= 0.3 is 6.18 Å². The zero-order valence-electron chi connectivity index (χ0n) is 17.1. The average Bonchev–Trinajstić information content (AvgIpc) is 3.49. The van der Waals surface area contributed by atoms with Gasteiger partial charge in [0.2, 0.25) is 5.91 Å². The van der Waals surface area contributed by atoms with Crippen molar-refractivity contribution in [3.05, 3.63) is 53.9 Å². The van der Waals surface area contributed by atoms with E-state index in [1.807, 2.05) is 0 Å². The highest BCUT2D eigenvalue weighted by Gasteiger charge is 2.42. The van der Waals surface area contributed by atoms with Gasteiger partial charge in [0.1, 0.15) is 12.4 Å². The van der Waals surface area contributed by atoms with Crippen molar-refractivity contribution in [2.75, 3.05) is 5.32 Å². The Balaban J connectivity index is 1.48. The number of anilines is 1. The molecule has 1 aliphatic carbocycles. The monoisotopic (exact) mass is 465 g/mol. The molecule has 1 saturated carbocycles. The van der Waals surface area contributed by atoms with Crippen molar-refractivity contribution in [3.8, 4) is 5.69 Å². The summed E-state index contributed by atoms with van der Waals surface area (Å²) in [6.45, 7) is -0.0963. The van der Waals surface area contributed by atoms with E-state index in [0.717, 1.165) is 49.9 Å². The first-order valence-corrected chi connectivity index (χ1v) is 10.1. The summed E-state index contributed by atoms with van der Waals surface area (Å²) in [5.41, 5.74) is -2.40. The number of rotatable bonds is 6. The molecule has 0 aliphatic heterocycles. The molecule has 2 amide bonds. The quantitative estimate of drug-likeness (QED) is 0.545. The fraction of sp³-hybridized carbons (Fsp3) is 0.350. The summed E-state index contributed by atoms with van der Waals surface area (Å²) in [5.74, 6) is -2.05. The van der Waals surface area contributed by atoms with Gasteiger partial charge in [-0.15, -0.1) is 5.10 Å². The third-order valence-corrected chi connectivity index (χ3v) is 5.14. The van der Waals surface area contributed by atoms with E-state index in [1.165, 1.54) is 17.1 Å². The van der Waals surface area contributed by atoms with Crippen LogP contribution in [-0.4, -0.2) is 42.6 Å². The van der Waals surface area contributed by atoms with Gasteiger partial charge in [0, 0.05) is 12.2 Å². The Labute approximate surface area is 184 Å². The first-order chi connectivity index (χ1) is 15.7. The summed E-state index contributed by atoms with van der Waals surface area (Å²) in [6.07, 6.45) is 1.54. The highest BCUT2D eigenvalue weighted by molar-refractivity contribution is 6.03. The van der Waals surface area contributed by atoms with Gasteiger partial charge in [-0.1, -0.05) is 18.1 Å². The molecule has 0 bridgehead atoms. The smallest absolute Gasteiger partial charge is 0.352 e. The average molecular weight is 465 g/mol. The van der Waals surface area contributed by atoms with Crippen molar-refractivity contribution in [3.63, 3.8) is 0 Å². The number of halogens is 4. The van der Waals surface area contributed by atoms with Gasteiger partial charge < -0.3 is 10.6 Å². The number of benzene rings is 1. The highest BCUT2D eigenvalue weighted by atomic mass is 19.4. The molecule has 13 heteroatoms. The van der Waals surface area contributed by atoms with Crippen LogP contribution >= 0.6 is 0 Å². The molecular weight excluding hydrogens is 446 g/mol. The van der Waals surface area contributed by atoms with Gasteiger partial charge in [-0.3, -0.25) is 14.3 Å². The number of nitrogens with zero attached hydrogens (tertiary/aromatic N) is 5. The number of nitrogens with one attached hydrogen (secondary N) is 2. The minimum atomic E-state index is -4.97. The van der Waals surface area contributed by atoms with E-state index in [1.54, 1.807) is 0 Å². The standard InChI is InChI=1S/C20H19F4N7O2/c21-12-5-7-15(8-6-12)31-18(20(22,23)24)17(28-29-31)19(33)27-14-9-25-30(10-14)11-16(32)26-13-3-1-2-4-13/h5-10,13H,1-4,11H2,(H,26,32)(H,27,33). The van der Waals surface area contributed by atoms with Crippen molar-refractivity contribution in [2.24, 2.45) is 0 Å². The Morgan fingerprint density at radius 1 is 1.12 bits per heavy atom. The maximum absolute atomic E-state index is 13.7. The van der Waals surface area contributed by atoms with Gasteiger partial charge in [-0.05, 0) is 37.1 Å². The van der Waals surface area contributed by atoms with E-state index in [0.29, 0.717) is 4.68 Å². The predicted octanol–water partition coefficient (Wildman–Crippen LogP) is 2.93. The minimum absolute atomic E-state index is 0.0816. The van der Waals surface area contributed by atoms with Crippen LogP contribution in [-0.2, 0) is 17.5 Å². The van der Waals surface area contributed by atoms with Crippen LogP contribution in [0, 0.1) is 5.82 Å². The maximum atomic E-state index is 13.7. The summed E-state index contributed by atoms with van der Waals surface area (Å²) in [5, 5.41) is 15.9. The molecule has 1 aliphatic rings. The van der Waals surface area contributed by atoms with Crippen LogP contribution in [0.5, 0.6) is 0 Å². The van der Waals surface area contributed by atoms with E-state index in [9.17, 15) is 27.2 Å². The molecule has 0 spiro atoms. The van der Waals surface area contributed by atoms with Crippen molar-refractivity contribution >= 4 is 17.5 Å². The second-order valence-electron chi connectivity index (χ2n) is 7.60. The summed E-state index contributed by atoms with van der Waals surface area (Å²) in [7, 11) is 0. The van der Waals surface area contributed by atoms with E-state index < -0.39 is 29.3 Å². The summed E-state index contributed by atoms with van der Waals surface area (Å²) >= 11 is 0. The van der Waals surface area contributed by atoms with Crippen molar-refractivity contribution in [2.45, 2.75) is 44.4 Å². The predicted molar refractivity (Wildman–Crippen MR) is 107 cm³/mol. The zero-order chi connectivity index (χ0) is 23.6. The minimum Gasteiger partial charge on any atom is -0.352 e. The highest BCUT2D eigenvalue weighted by Crippen LogP contribution is 2.33. The van der Waals surface area contributed by atoms with Crippen LogP contribution in [0.25, 0.3) is 5.69 Å². The second kappa shape index (κ2) is 9.00. The van der Waals surface area contributed by atoms with Crippen LogP contribution in [0.4, 0.5) is 23.2 Å². The molecule has 33 heavy (non-hydrogen) atoms. The Bertz CT molecular complexity index is 1150. The van der Waals surface area contributed by atoms with Crippen molar-refractivity contribution in [1.29, 1.82) is 0 Å². The molecule has 2 aromatic heterocycles. The van der Waals surface area contributed by atoms with E-state index >= 15 is 0 Å². The maximum Gasteiger partial charge on any atom is 0.435 e. The van der Waals surface area contributed by atoms with E-state index in [-0.39, 0.29) is 29.9 Å². The number of hydrogen-bond donors (Lipinski definition) is 2. The molecule has 0 atom stereocenters. The number of aromatic nitrogens is 5. The fourth-order valence-corrected chi connectivity index (χ4v) is 3.65. The third kappa shape index (κ3) is 5.18. The molecule has 0 saturated heterocycles. The van der Waals surface area contributed by atoms with E-state index in [4.69, 9.17) is 0 Å². The molecule has 3 aromatic rings. The van der Waals surface area contributed by atoms with Crippen molar-refractivity contribution in [1.82, 2.24) is 30.1 Å². The van der Waals surface area contributed by atoms with Crippen LogP contribution in [0.3, 0.4) is 0 Å². The molecule has 1 aromatic carbocycles. The first kappa shape index (κ1) is 22.4. The van der Waals surface area contributed by atoms with Crippen molar-refractivity contribution < 1.29 is 27.2 Å². The Morgan fingerprint density at radius 3 is 2.48 bits per heavy atom. The van der Waals surface area contributed by atoms with Crippen LogP contribution in [0.15, 0.2) is 36.7 Å².